The van der Waals surface area contributed by atoms with Crippen molar-refractivity contribution in [3.05, 3.63) is 107 Å². The topological polar surface area (TPSA) is 32.3 Å². The first-order valence-electron chi connectivity index (χ1n) is 9.97. The largest absolute Gasteiger partial charge is 0.316 e. The van der Waals surface area contributed by atoms with Crippen molar-refractivity contribution in [3.8, 4) is 0 Å². The molecule has 3 heteroatoms. The summed E-state index contributed by atoms with van der Waals surface area (Å²) >= 11 is 0. The van der Waals surface area contributed by atoms with Crippen molar-refractivity contribution in [2.24, 2.45) is 0 Å². The van der Waals surface area contributed by atoms with Gasteiger partial charge in [-0.15, -0.1) is 0 Å². The van der Waals surface area contributed by atoms with Gasteiger partial charge in [0, 0.05) is 23.7 Å². The highest BCUT2D eigenvalue weighted by Gasteiger charge is 2.38. The molecule has 3 nitrogen and oxygen atoms in total. The van der Waals surface area contributed by atoms with Crippen LogP contribution in [0.15, 0.2) is 84.9 Å². The average Bonchev–Trinajstić information content (AvgIpc) is 3.04. The number of nitrogens with one attached hydrogen (secondary N) is 1. The maximum Gasteiger partial charge on any atom is 0.256 e. The van der Waals surface area contributed by atoms with Gasteiger partial charge >= 0.3 is 0 Å². The summed E-state index contributed by atoms with van der Waals surface area (Å²) < 4.78 is 0. The lowest BCUT2D eigenvalue weighted by Crippen LogP contribution is -2.42. The van der Waals surface area contributed by atoms with E-state index in [1.165, 1.54) is 11.1 Å². The van der Waals surface area contributed by atoms with Gasteiger partial charge in [-0.2, -0.15) is 0 Å². The van der Waals surface area contributed by atoms with Crippen molar-refractivity contribution in [2.45, 2.75) is 38.5 Å². The number of aryl methyl sites for hydroxylation is 1. The third-order valence-electron chi connectivity index (χ3n) is 5.51. The van der Waals surface area contributed by atoms with Crippen LogP contribution < -0.4 is 5.32 Å². The average molecular weight is 370 g/mol. The second kappa shape index (κ2) is 8.41. The molecule has 3 aromatic rings. The molecule has 0 bridgehead atoms. The lowest BCUT2D eigenvalue weighted by molar-refractivity contribution is 0.0590. The van der Waals surface area contributed by atoms with E-state index in [4.69, 9.17) is 0 Å². The number of hydrogen-bond donors (Lipinski definition) is 1. The molecule has 28 heavy (non-hydrogen) atoms. The van der Waals surface area contributed by atoms with Crippen molar-refractivity contribution in [2.75, 3.05) is 0 Å². The van der Waals surface area contributed by atoms with Crippen LogP contribution in [0.4, 0.5) is 0 Å². The lowest BCUT2D eigenvalue weighted by atomic mass is 10.0. The monoisotopic (exact) mass is 370 g/mol. The van der Waals surface area contributed by atoms with E-state index in [1.54, 1.807) is 0 Å². The Hall–Kier alpha value is -2.91. The summed E-state index contributed by atoms with van der Waals surface area (Å²) in [6.07, 6.45) is 1.82. The smallest absolute Gasteiger partial charge is 0.256 e. The van der Waals surface area contributed by atoms with Crippen LogP contribution in [0, 0.1) is 0 Å². The molecule has 0 radical (unpaired) electrons. The molecule has 0 saturated heterocycles. The SMILES string of the molecule is C[C@H](CCc1ccccc1)N1C(=O)c2ccccc2[C@@H]1NCc1ccccc1. The summed E-state index contributed by atoms with van der Waals surface area (Å²) in [4.78, 5) is 15.2. The molecule has 4 rings (SSSR count). The van der Waals surface area contributed by atoms with Crippen molar-refractivity contribution in [3.63, 3.8) is 0 Å². The predicted octanol–water partition coefficient (Wildman–Crippen LogP) is 4.95. The van der Waals surface area contributed by atoms with Gasteiger partial charge in [0.2, 0.25) is 0 Å². The van der Waals surface area contributed by atoms with Gasteiger partial charge in [-0.05, 0) is 37.0 Å². The van der Waals surface area contributed by atoms with Crippen LogP contribution in [0.5, 0.6) is 0 Å². The Morgan fingerprint density at radius 1 is 0.857 bits per heavy atom. The van der Waals surface area contributed by atoms with Crippen LogP contribution in [-0.2, 0) is 13.0 Å². The van der Waals surface area contributed by atoms with Gasteiger partial charge in [0.1, 0.15) is 6.17 Å². The summed E-state index contributed by atoms with van der Waals surface area (Å²) in [7, 11) is 0. The Morgan fingerprint density at radius 2 is 1.46 bits per heavy atom. The van der Waals surface area contributed by atoms with Crippen LogP contribution in [0.1, 0.15) is 46.6 Å². The fourth-order valence-electron chi connectivity index (χ4n) is 3.97. The zero-order valence-corrected chi connectivity index (χ0v) is 16.2. The quantitative estimate of drug-likeness (QED) is 0.638. The second-order valence-electron chi connectivity index (χ2n) is 7.44. The van der Waals surface area contributed by atoms with Crippen molar-refractivity contribution in [1.29, 1.82) is 0 Å². The zero-order valence-electron chi connectivity index (χ0n) is 16.2. The normalized spacial score (nSPS) is 16.8. The van der Waals surface area contributed by atoms with E-state index in [1.807, 2.05) is 47.4 Å². The molecule has 0 spiro atoms. The van der Waals surface area contributed by atoms with E-state index in [0.717, 1.165) is 30.5 Å². The number of amides is 1. The van der Waals surface area contributed by atoms with Crippen LogP contribution in [0.2, 0.25) is 0 Å². The summed E-state index contributed by atoms with van der Waals surface area (Å²) in [6, 6.07) is 28.9. The first kappa shape index (κ1) is 18.5. The van der Waals surface area contributed by atoms with Crippen molar-refractivity contribution < 1.29 is 4.79 Å². The first-order chi connectivity index (χ1) is 13.7. The maximum atomic E-state index is 13.2. The molecule has 0 aliphatic carbocycles. The van der Waals surface area contributed by atoms with Gasteiger partial charge in [-0.25, -0.2) is 0 Å². The molecular formula is C25H26N2O. The number of carbonyl (C=O) groups is 1. The predicted molar refractivity (Wildman–Crippen MR) is 113 cm³/mol. The fourth-order valence-corrected chi connectivity index (χ4v) is 3.97. The van der Waals surface area contributed by atoms with Gasteiger partial charge in [-0.3, -0.25) is 10.1 Å². The Bertz CT molecular complexity index is 924. The maximum absolute atomic E-state index is 13.2. The molecule has 1 aliphatic heterocycles. The molecule has 1 aliphatic rings. The summed E-state index contributed by atoms with van der Waals surface area (Å²) in [5.74, 6) is 0.127. The molecule has 1 N–H and O–H groups in total. The second-order valence-corrected chi connectivity index (χ2v) is 7.44. The summed E-state index contributed by atoms with van der Waals surface area (Å²) in [5.41, 5.74) is 4.43. The number of rotatable bonds is 7. The molecule has 1 heterocycles. The fraction of sp³-hybridized carbons (Fsp3) is 0.240. The highest BCUT2D eigenvalue weighted by molar-refractivity contribution is 5.99. The minimum atomic E-state index is -0.0883. The standard InChI is InChI=1S/C25H26N2O/c1-19(16-17-20-10-4-2-5-11-20)27-24(26-18-21-12-6-3-7-13-21)22-14-8-9-15-23(22)25(27)28/h2-15,19,24,26H,16-18H2,1H3/t19-,24-/m1/s1. The van der Waals surface area contributed by atoms with E-state index in [-0.39, 0.29) is 18.1 Å². The number of fused-ring (bicyclic) bond motifs is 1. The van der Waals surface area contributed by atoms with Gasteiger partial charge < -0.3 is 4.90 Å². The minimum Gasteiger partial charge on any atom is -0.316 e. The van der Waals surface area contributed by atoms with Gasteiger partial charge in [0.25, 0.3) is 5.91 Å². The van der Waals surface area contributed by atoms with Crippen molar-refractivity contribution in [1.82, 2.24) is 10.2 Å². The molecule has 142 valence electrons. The van der Waals surface area contributed by atoms with Crippen LogP contribution in [0.25, 0.3) is 0 Å². The Morgan fingerprint density at radius 3 is 2.18 bits per heavy atom. The highest BCUT2D eigenvalue weighted by Crippen LogP contribution is 2.34. The zero-order chi connectivity index (χ0) is 19.3. The molecule has 1 amide bonds. The third kappa shape index (κ3) is 3.85. The number of carbonyl (C=O) groups excluding carboxylic acids is 1. The van der Waals surface area contributed by atoms with E-state index >= 15 is 0 Å². The lowest BCUT2D eigenvalue weighted by Gasteiger charge is -2.32. The number of nitrogens with zero attached hydrogens (tertiary/aromatic N) is 1. The molecule has 2 atom stereocenters. The molecule has 3 aromatic carbocycles. The Labute approximate surface area is 167 Å². The molecule has 0 fully saturated rings. The molecule has 0 unspecified atom stereocenters. The van der Waals surface area contributed by atoms with E-state index < -0.39 is 0 Å². The molecule has 0 aromatic heterocycles. The molecular weight excluding hydrogens is 344 g/mol. The van der Waals surface area contributed by atoms with Crippen LogP contribution in [-0.4, -0.2) is 16.8 Å². The molecule has 0 saturated carbocycles. The van der Waals surface area contributed by atoms with Gasteiger partial charge in [0.05, 0.1) is 0 Å². The Balaban J connectivity index is 1.52. The van der Waals surface area contributed by atoms with Crippen LogP contribution >= 0.6 is 0 Å². The third-order valence-corrected chi connectivity index (χ3v) is 5.51. The first-order valence-corrected chi connectivity index (χ1v) is 9.97. The summed E-state index contributed by atoms with van der Waals surface area (Å²) in [6.45, 7) is 2.89. The van der Waals surface area contributed by atoms with Crippen LogP contribution in [0.3, 0.4) is 0 Å². The number of hydrogen-bond acceptors (Lipinski definition) is 2. The van der Waals surface area contributed by atoms with E-state index in [2.05, 4.69) is 54.7 Å². The Kier molecular flexibility index (Phi) is 5.54. The van der Waals surface area contributed by atoms with Gasteiger partial charge in [0.15, 0.2) is 0 Å². The minimum absolute atomic E-state index is 0.0883. The van der Waals surface area contributed by atoms with Gasteiger partial charge in [-0.1, -0.05) is 78.9 Å². The van der Waals surface area contributed by atoms with E-state index in [9.17, 15) is 4.79 Å². The summed E-state index contributed by atoms with van der Waals surface area (Å²) in [5, 5.41) is 3.62. The highest BCUT2D eigenvalue weighted by atomic mass is 16.2. The van der Waals surface area contributed by atoms with E-state index in [0.29, 0.717) is 0 Å². The number of benzene rings is 3. The van der Waals surface area contributed by atoms with Crippen molar-refractivity contribution >= 4 is 5.91 Å².